The first-order valence-electron chi connectivity index (χ1n) is 10.0. The number of amides is 1. The number of nitrogens with two attached hydrogens (primary N) is 1. The summed E-state index contributed by atoms with van der Waals surface area (Å²) in [5.74, 6) is -1.19. The fourth-order valence-corrected chi connectivity index (χ4v) is 3.14. The van der Waals surface area contributed by atoms with Crippen LogP contribution >= 0.6 is 0 Å². The van der Waals surface area contributed by atoms with Crippen LogP contribution in [0.3, 0.4) is 0 Å². The van der Waals surface area contributed by atoms with Crippen molar-refractivity contribution in [3.63, 3.8) is 0 Å². The molecule has 0 heterocycles. The minimum absolute atomic E-state index is 0.0439. The summed E-state index contributed by atoms with van der Waals surface area (Å²) in [4.78, 5) is 37.2. The van der Waals surface area contributed by atoms with Crippen molar-refractivity contribution < 1.29 is 19.2 Å². The minimum Gasteiger partial charge on any atom is -0.452 e. The quantitative estimate of drug-likeness (QED) is 0.239. The molecule has 164 valence electrons. The van der Waals surface area contributed by atoms with E-state index in [-0.39, 0.29) is 22.8 Å². The summed E-state index contributed by atoms with van der Waals surface area (Å²) in [7, 11) is 0. The van der Waals surface area contributed by atoms with E-state index in [9.17, 15) is 19.7 Å². The Hall–Kier alpha value is -4.20. The van der Waals surface area contributed by atoms with Crippen LogP contribution in [0.1, 0.15) is 21.5 Å². The normalized spacial score (nSPS) is 10.4. The number of hydrogen-bond acceptors (Lipinski definition) is 6. The molecule has 8 heteroatoms. The highest BCUT2D eigenvalue weighted by Crippen LogP contribution is 2.22. The van der Waals surface area contributed by atoms with E-state index < -0.39 is 17.5 Å². The zero-order valence-electron chi connectivity index (χ0n) is 17.3. The highest BCUT2D eigenvalue weighted by Gasteiger charge is 2.20. The van der Waals surface area contributed by atoms with Crippen LogP contribution in [0.15, 0.2) is 78.9 Å². The van der Waals surface area contributed by atoms with Gasteiger partial charge in [-0.1, -0.05) is 60.7 Å². The second-order valence-electron chi connectivity index (χ2n) is 7.14. The van der Waals surface area contributed by atoms with Gasteiger partial charge in [0, 0.05) is 19.2 Å². The molecule has 2 N–H and O–H groups in total. The van der Waals surface area contributed by atoms with Gasteiger partial charge in [0.25, 0.3) is 11.6 Å². The first-order chi connectivity index (χ1) is 15.4. The van der Waals surface area contributed by atoms with Gasteiger partial charge >= 0.3 is 5.97 Å². The number of carbonyl (C=O) groups excluding carboxylic acids is 2. The smallest absolute Gasteiger partial charge is 0.338 e. The van der Waals surface area contributed by atoms with Crippen LogP contribution in [0.2, 0.25) is 0 Å². The van der Waals surface area contributed by atoms with Gasteiger partial charge in [-0.2, -0.15) is 0 Å². The van der Waals surface area contributed by atoms with Crippen LogP contribution in [0.25, 0.3) is 0 Å². The largest absolute Gasteiger partial charge is 0.452 e. The Kier molecular flexibility index (Phi) is 7.53. The topological polar surface area (TPSA) is 116 Å². The van der Waals surface area contributed by atoms with Gasteiger partial charge in [0.2, 0.25) is 0 Å². The molecule has 3 aromatic rings. The molecule has 0 unspecified atom stereocenters. The minimum atomic E-state index is -0.829. The molecule has 0 aliphatic rings. The zero-order valence-corrected chi connectivity index (χ0v) is 17.3. The zero-order chi connectivity index (χ0) is 22.9. The summed E-state index contributed by atoms with van der Waals surface area (Å²) in [6.45, 7) is 0.346. The van der Waals surface area contributed by atoms with E-state index in [4.69, 9.17) is 10.5 Å². The number of hydrogen-bond donors (Lipinski definition) is 1. The van der Waals surface area contributed by atoms with Gasteiger partial charge in [0.05, 0.1) is 10.5 Å². The maximum Gasteiger partial charge on any atom is 0.338 e. The maximum atomic E-state index is 12.9. The summed E-state index contributed by atoms with van der Waals surface area (Å²) in [6.07, 6.45) is 0.650. The van der Waals surface area contributed by atoms with Gasteiger partial charge in [-0.05, 0) is 29.7 Å². The van der Waals surface area contributed by atoms with Crippen LogP contribution in [-0.4, -0.2) is 34.9 Å². The Labute approximate surface area is 185 Å². The number of anilines is 1. The molecule has 0 atom stereocenters. The monoisotopic (exact) mass is 433 g/mol. The first kappa shape index (κ1) is 22.5. The molecule has 32 heavy (non-hydrogen) atoms. The van der Waals surface area contributed by atoms with Crippen molar-refractivity contribution in [2.75, 3.05) is 18.9 Å². The molecule has 0 saturated carbocycles. The average molecular weight is 433 g/mol. The number of carbonyl (C=O) groups is 2. The lowest BCUT2D eigenvalue weighted by molar-refractivity contribution is -0.383. The molecular weight excluding hydrogens is 410 g/mol. The number of benzene rings is 3. The van der Waals surface area contributed by atoms with Crippen LogP contribution in [0.5, 0.6) is 0 Å². The van der Waals surface area contributed by atoms with Crippen molar-refractivity contribution in [2.24, 2.45) is 0 Å². The van der Waals surface area contributed by atoms with Crippen molar-refractivity contribution in [3.8, 4) is 0 Å². The molecule has 0 fully saturated rings. The van der Waals surface area contributed by atoms with Crippen molar-refractivity contribution in [3.05, 3.63) is 106 Å². The lowest BCUT2D eigenvalue weighted by atomic mass is 10.1. The van der Waals surface area contributed by atoms with Crippen LogP contribution in [0.4, 0.5) is 11.4 Å². The van der Waals surface area contributed by atoms with Gasteiger partial charge in [0.15, 0.2) is 6.61 Å². The van der Waals surface area contributed by atoms with Gasteiger partial charge in [0.1, 0.15) is 5.69 Å². The molecule has 8 nitrogen and oxygen atoms in total. The number of nitrogen functional groups attached to an aromatic ring is 1. The molecule has 0 aliphatic heterocycles. The Bertz CT molecular complexity index is 1090. The third-order valence-corrected chi connectivity index (χ3v) is 4.87. The molecule has 3 rings (SSSR count). The van der Waals surface area contributed by atoms with E-state index in [2.05, 4.69) is 0 Å². The summed E-state index contributed by atoms with van der Waals surface area (Å²) < 4.78 is 5.14. The average Bonchev–Trinajstić information content (AvgIpc) is 2.81. The predicted molar refractivity (Wildman–Crippen MR) is 120 cm³/mol. The van der Waals surface area contributed by atoms with Crippen LogP contribution in [0, 0.1) is 10.1 Å². The van der Waals surface area contributed by atoms with E-state index in [1.54, 1.807) is 4.90 Å². The standard InChI is InChI=1S/C24H23N3O5/c25-21-12-11-20(15-22(21)27(30)31)24(29)32-17-23(28)26(16-19-9-5-2-6-10-19)14-13-18-7-3-1-4-8-18/h1-12,15H,13-14,16-17,25H2. The molecule has 0 bridgehead atoms. The van der Waals surface area contributed by atoms with Crippen molar-refractivity contribution in [1.29, 1.82) is 0 Å². The maximum absolute atomic E-state index is 12.9. The third kappa shape index (κ3) is 6.15. The fourth-order valence-electron chi connectivity index (χ4n) is 3.14. The summed E-state index contributed by atoms with van der Waals surface area (Å²) >= 11 is 0. The highest BCUT2D eigenvalue weighted by atomic mass is 16.6. The van der Waals surface area contributed by atoms with Crippen LogP contribution in [-0.2, 0) is 22.5 Å². The van der Waals surface area contributed by atoms with Gasteiger partial charge < -0.3 is 15.4 Å². The molecule has 1 amide bonds. The number of ether oxygens (including phenoxy) is 1. The van der Waals surface area contributed by atoms with Gasteiger partial charge in [-0.3, -0.25) is 14.9 Å². The Balaban J connectivity index is 1.66. The molecule has 0 saturated heterocycles. The molecule has 0 spiro atoms. The van der Waals surface area contributed by atoms with Crippen molar-refractivity contribution in [1.82, 2.24) is 4.90 Å². The van der Waals surface area contributed by atoms with E-state index >= 15 is 0 Å². The molecule has 0 radical (unpaired) electrons. The van der Waals surface area contributed by atoms with Gasteiger partial charge in [-0.25, -0.2) is 4.79 Å². The lowest BCUT2D eigenvalue weighted by Crippen LogP contribution is -2.35. The summed E-state index contributed by atoms with van der Waals surface area (Å²) in [5.41, 5.74) is 7.10. The third-order valence-electron chi connectivity index (χ3n) is 4.87. The van der Waals surface area contributed by atoms with Gasteiger partial charge in [-0.15, -0.1) is 0 Å². The molecular formula is C24H23N3O5. The second-order valence-corrected chi connectivity index (χ2v) is 7.14. The highest BCUT2D eigenvalue weighted by molar-refractivity contribution is 5.92. The number of rotatable bonds is 9. The van der Waals surface area contributed by atoms with Crippen molar-refractivity contribution in [2.45, 2.75) is 13.0 Å². The number of esters is 1. The van der Waals surface area contributed by atoms with E-state index in [1.807, 2.05) is 60.7 Å². The molecule has 0 aromatic heterocycles. The number of nitro benzene ring substituents is 1. The number of nitrogens with zero attached hydrogens (tertiary/aromatic N) is 2. The summed E-state index contributed by atoms with van der Waals surface area (Å²) in [5, 5.41) is 11.0. The molecule has 0 aliphatic carbocycles. The van der Waals surface area contributed by atoms with Crippen molar-refractivity contribution >= 4 is 23.3 Å². The second kappa shape index (κ2) is 10.7. The lowest BCUT2D eigenvalue weighted by Gasteiger charge is -2.23. The van der Waals surface area contributed by atoms with E-state index in [0.29, 0.717) is 19.5 Å². The van der Waals surface area contributed by atoms with E-state index in [0.717, 1.165) is 17.2 Å². The van der Waals surface area contributed by atoms with E-state index in [1.165, 1.54) is 12.1 Å². The Morgan fingerprint density at radius 1 is 0.938 bits per heavy atom. The first-order valence-corrected chi connectivity index (χ1v) is 10.0. The predicted octanol–water partition coefficient (Wildman–Crippen LogP) is 3.61. The fraction of sp³-hybridized carbons (Fsp3) is 0.167. The summed E-state index contributed by atoms with van der Waals surface area (Å²) in [6, 6.07) is 22.9. The Morgan fingerprint density at radius 3 is 2.19 bits per heavy atom. The van der Waals surface area contributed by atoms with Crippen LogP contribution < -0.4 is 5.73 Å². The molecule has 3 aromatic carbocycles. The Morgan fingerprint density at radius 2 is 1.56 bits per heavy atom. The SMILES string of the molecule is Nc1ccc(C(=O)OCC(=O)N(CCc2ccccc2)Cc2ccccc2)cc1[N+](=O)[O-]. The number of nitro groups is 1.